The molecule has 1 aromatic rings. The SMILES string of the molecule is CC.Cc1c(C(=O)N(C)C)nn2c1CN(C)CCC2. The number of aryl methyl sites for hydroxylation is 1. The summed E-state index contributed by atoms with van der Waals surface area (Å²) in [6.07, 6.45) is 1.08. The van der Waals surface area contributed by atoms with Crippen LogP contribution in [-0.4, -0.2) is 53.2 Å². The van der Waals surface area contributed by atoms with Crippen LogP contribution in [0.15, 0.2) is 0 Å². The summed E-state index contributed by atoms with van der Waals surface area (Å²) in [7, 11) is 5.63. The van der Waals surface area contributed by atoms with E-state index in [1.807, 2.05) is 25.5 Å². The number of rotatable bonds is 1. The molecule has 5 heteroatoms. The first-order valence-electron chi connectivity index (χ1n) is 6.97. The quantitative estimate of drug-likeness (QED) is 0.777. The van der Waals surface area contributed by atoms with Crippen LogP contribution in [0, 0.1) is 6.92 Å². The van der Waals surface area contributed by atoms with E-state index in [9.17, 15) is 4.79 Å². The monoisotopic (exact) mass is 266 g/mol. The Morgan fingerprint density at radius 3 is 2.47 bits per heavy atom. The van der Waals surface area contributed by atoms with Crippen LogP contribution in [0.2, 0.25) is 0 Å². The predicted octanol–water partition coefficient (Wildman–Crippen LogP) is 1.76. The zero-order valence-electron chi connectivity index (χ0n) is 13.0. The minimum Gasteiger partial charge on any atom is -0.343 e. The van der Waals surface area contributed by atoms with E-state index in [1.54, 1.807) is 19.0 Å². The standard InChI is InChI=1S/C12H20N4O.C2H6/c1-9-10-8-15(4)6-5-7-16(10)13-11(9)12(17)14(2)3;1-2/h5-8H2,1-4H3;1-2H3. The summed E-state index contributed by atoms with van der Waals surface area (Å²) < 4.78 is 2.00. The van der Waals surface area contributed by atoms with E-state index in [-0.39, 0.29) is 5.91 Å². The number of nitrogens with zero attached hydrogens (tertiary/aromatic N) is 4. The van der Waals surface area contributed by atoms with Crippen LogP contribution in [0.3, 0.4) is 0 Å². The van der Waals surface area contributed by atoms with E-state index < -0.39 is 0 Å². The minimum atomic E-state index is -0.00859. The summed E-state index contributed by atoms with van der Waals surface area (Å²) in [6, 6.07) is 0. The highest BCUT2D eigenvalue weighted by Gasteiger charge is 2.23. The fourth-order valence-corrected chi connectivity index (χ4v) is 2.21. The van der Waals surface area contributed by atoms with Crippen molar-refractivity contribution in [3.05, 3.63) is 17.0 Å². The summed E-state index contributed by atoms with van der Waals surface area (Å²) in [4.78, 5) is 15.8. The Morgan fingerprint density at radius 1 is 1.26 bits per heavy atom. The molecule has 1 aliphatic rings. The van der Waals surface area contributed by atoms with Gasteiger partial charge in [-0.15, -0.1) is 0 Å². The molecular weight excluding hydrogens is 240 g/mol. The minimum absolute atomic E-state index is 0.00859. The lowest BCUT2D eigenvalue weighted by Gasteiger charge is -2.12. The molecule has 2 heterocycles. The van der Waals surface area contributed by atoms with E-state index in [2.05, 4.69) is 17.0 Å². The van der Waals surface area contributed by atoms with Crippen molar-refractivity contribution in [1.82, 2.24) is 19.6 Å². The van der Waals surface area contributed by atoms with Gasteiger partial charge in [0.1, 0.15) is 0 Å². The van der Waals surface area contributed by atoms with Gasteiger partial charge in [0.05, 0.1) is 5.69 Å². The molecule has 1 aromatic heterocycles. The largest absolute Gasteiger partial charge is 0.343 e. The summed E-state index contributed by atoms with van der Waals surface area (Å²) in [5.74, 6) is -0.00859. The topological polar surface area (TPSA) is 41.4 Å². The van der Waals surface area contributed by atoms with E-state index in [4.69, 9.17) is 0 Å². The first kappa shape index (κ1) is 15.7. The van der Waals surface area contributed by atoms with E-state index in [0.717, 1.165) is 31.6 Å². The van der Waals surface area contributed by atoms with Gasteiger partial charge in [0.2, 0.25) is 0 Å². The maximum atomic E-state index is 12.0. The fraction of sp³-hybridized carbons (Fsp3) is 0.714. The van der Waals surface area contributed by atoms with Crippen LogP contribution in [0.5, 0.6) is 0 Å². The highest BCUT2D eigenvalue weighted by molar-refractivity contribution is 5.93. The number of carbonyl (C=O) groups is 1. The molecule has 0 spiro atoms. The van der Waals surface area contributed by atoms with E-state index in [1.165, 1.54) is 5.69 Å². The van der Waals surface area contributed by atoms with Gasteiger partial charge in [-0.05, 0) is 20.4 Å². The van der Waals surface area contributed by atoms with Gasteiger partial charge in [0.25, 0.3) is 5.91 Å². The van der Waals surface area contributed by atoms with Gasteiger partial charge in [0.15, 0.2) is 5.69 Å². The van der Waals surface area contributed by atoms with E-state index >= 15 is 0 Å². The third-order valence-corrected chi connectivity index (χ3v) is 3.26. The smallest absolute Gasteiger partial charge is 0.274 e. The molecule has 0 aromatic carbocycles. The van der Waals surface area contributed by atoms with E-state index in [0.29, 0.717) is 5.69 Å². The number of fused-ring (bicyclic) bond motifs is 1. The second-order valence-electron chi connectivity index (χ2n) is 4.93. The Bertz CT molecular complexity index is 437. The number of hydrogen-bond acceptors (Lipinski definition) is 3. The summed E-state index contributed by atoms with van der Waals surface area (Å²) in [5, 5.41) is 4.46. The number of hydrogen-bond donors (Lipinski definition) is 0. The highest BCUT2D eigenvalue weighted by atomic mass is 16.2. The molecule has 0 saturated carbocycles. The molecule has 108 valence electrons. The molecule has 1 aliphatic heterocycles. The van der Waals surface area contributed by atoms with Crippen molar-refractivity contribution >= 4 is 5.91 Å². The van der Waals surface area contributed by atoms with Gasteiger partial charge in [0, 0.05) is 39.3 Å². The van der Waals surface area contributed by atoms with Crippen molar-refractivity contribution < 1.29 is 4.79 Å². The summed E-state index contributed by atoms with van der Waals surface area (Å²) in [5.41, 5.74) is 2.80. The molecule has 0 aliphatic carbocycles. The van der Waals surface area contributed by atoms with Gasteiger partial charge >= 0.3 is 0 Å². The molecule has 0 atom stereocenters. The van der Waals surface area contributed by atoms with Crippen molar-refractivity contribution in [2.75, 3.05) is 27.7 Å². The molecule has 0 N–H and O–H groups in total. The van der Waals surface area contributed by atoms with Crippen LogP contribution in [0.1, 0.15) is 42.0 Å². The third kappa shape index (κ3) is 3.35. The number of amides is 1. The Balaban J connectivity index is 0.000000861. The molecule has 0 fully saturated rings. The Morgan fingerprint density at radius 2 is 1.89 bits per heavy atom. The van der Waals surface area contributed by atoms with Crippen molar-refractivity contribution in [2.45, 2.75) is 40.3 Å². The number of aromatic nitrogens is 2. The van der Waals surface area contributed by atoms with Gasteiger partial charge in [-0.3, -0.25) is 9.48 Å². The van der Waals surface area contributed by atoms with Crippen LogP contribution in [0.4, 0.5) is 0 Å². The van der Waals surface area contributed by atoms with Crippen molar-refractivity contribution in [3.8, 4) is 0 Å². The third-order valence-electron chi connectivity index (χ3n) is 3.26. The van der Waals surface area contributed by atoms with Gasteiger partial charge in [-0.1, -0.05) is 13.8 Å². The van der Waals surface area contributed by atoms with Crippen molar-refractivity contribution in [2.24, 2.45) is 0 Å². The van der Waals surface area contributed by atoms with Gasteiger partial charge < -0.3 is 9.80 Å². The second-order valence-corrected chi connectivity index (χ2v) is 4.93. The summed E-state index contributed by atoms with van der Waals surface area (Å²) in [6.45, 7) is 8.86. The predicted molar refractivity (Wildman–Crippen MR) is 77.3 cm³/mol. The van der Waals surface area contributed by atoms with Crippen molar-refractivity contribution in [1.29, 1.82) is 0 Å². The van der Waals surface area contributed by atoms with Crippen LogP contribution >= 0.6 is 0 Å². The summed E-state index contributed by atoms with van der Waals surface area (Å²) >= 11 is 0. The molecule has 2 rings (SSSR count). The van der Waals surface area contributed by atoms with Crippen LogP contribution in [-0.2, 0) is 13.1 Å². The highest BCUT2D eigenvalue weighted by Crippen LogP contribution is 2.19. The molecule has 0 radical (unpaired) electrons. The molecule has 5 nitrogen and oxygen atoms in total. The Kier molecular flexibility index (Phi) is 5.54. The normalized spacial score (nSPS) is 15.1. The lowest BCUT2D eigenvalue weighted by atomic mass is 10.2. The molecule has 0 saturated heterocycles. The fourth-order valence-electron chi connectivity index (χ4n) is 2.21. The first-order valence-corrected chi connectivity index (χ1v) is 6.97. The number of carbonyl (C=O) groups excluding carboxylic acids is 1. The lowest BCUT2D eigenvalue weighted by Crippen LogP contribution is -2.23. The zero-order chi connectivity index (χ0) is 14.6. The maximum Gasteiger partial charge on any atom is 0.274 e. The van der Waals surface area contributed by atoms with Crippen LogP contribution in [0.25, 0.3) is 0 Å². The molecule has 1 amide bonds. The average molecular weight is 266 g/mol. The van der Waals surface area contributed by atoms with Crippen LogP contribution < -0.4 is 0 Å². The Labute approximate surface area is 116 Å². The van der Waals surface area contributed by atoms with Crippen molar-refractivity contribution in [3.63, 3.8) is 0 Å². The van der Waals surface area contributed by atoms with Gasteiger partial charge in [-0.25, -0.2) is 0 Å². The Hall–Kier alpha value is -1.36. The maximum absolute atomic E-state index is 12.0. The zero-order valence-corrected chi connectivity index (χ0v) is 13.0. The molecule has 0 bridgehead atoms. The average Bonchev–Trinajstić information content (AvgIpc) is 2.58. The van der Waals surface area contributed by atoms with Gasteiger partial charge in [-0.2, -0.15) is 5.10 Å². The molecular formula is C14H26N4O. The lowest BCUT2D eigenvalue weighted by molar-refractivity contribution is 0.0820. The first-order chi connectivity index (χ1) is 9.00. The second kappa shape index (κ2) is 6.70. The molecule has 0 unspecified atom stereocenters. The molecule has 19 heavy (non-hydrogen) atoms.